The average Bonchev–Trinajstić information content (AvgIpc) is 2.45. The Bertz CT molecular complexity index is 770. The molecule has 11 N–H and O–H groups in total. The fourth-order valence-electron chi connectivity index (χ4n) is 0.982. The van der Waals surface area contributed by atoms with Gasteiger partial charge < -0.3 is 54.7 Å². The fourth-order valence-corrected chi connectivity index (χ4v) is 6.38. The highest BCUT2D eigenvalue weighted by Crippen LogP contribution is 2.72. The maximum absolute atomic E-state index is 11.0. The van der Waals surface area contributed by atoms with E-state index < -0.39 is 70.3 Å². The number of ketones is 1. The molecule has 0 saturated carbocycles. The largest absolute Gasteiger partial charge is 0.490 e. The van der Waals surface area contributed by atoms with Crippen molar-refractivity contribution in [3.63, 3.8) is 0 Å². The molecule has 4 unspecified atom stereocenters. The summed E-state index contributed by atoms with van der Waals surface area (Å²) in [6.45, 7) is -1.54. The van der Waals surface area contributed by atoms with E-state index in [2.05, 4.69) is 17.2 Å². The van der Waals surface area contributed by atoms with E-state index in [9.17, 15) is 27.6 Å². The number of aliphatic hydroxyl groups excluding tert-OH is 4. The Labute approximate surface area is 170 Å². The van der Waals surface area contributed by atoms with Crippen LogP contribution in [-0.4, -0.2) is 85.9 Å². The molecule has 0 aromatic heterocycles. The summed E-state index contributed by atoms with van der Waals surface area (Å²) < 4.78 is 65.6. The van der Waals surface area contributed by atoms with Crippen LogP contribution in [0, 0.1) is 0 Å². The molecule has 0 aliphatic rings. The van der Waals surface area contributed by atoms with E-state index in [1.807, 2.05) is 0 Å². The normalized spacial score (nSPS) is 20.2. The summed E-state index contributed by atoms with van der Waals surface area (Å²) in [5.41, 5.74) is 0. The molecule has 188 valence electrons. The summed E-state index contributed by atoms with van der Waals surface area (Å²) in [6, 6.07) is 0. The van der Waals surface area contributed by atoms with Crippen molar-refractivity contribution in [2.75, 3.05) is 13.2 Å². The smallest absolute Gasteiger partial charge is 0.394 e. The van der Waals surface area contributed by atoms with Crippen molar-refractivity contribution in [1.82, 2.24) is 0 Å². The number of phosphoric acid groups is 5. The van der Waals surface area contributed by atoms with Gasteiger partial charge in [-0.25, -0.2) is 22.8 Å². The predicted octanol–water partition coefficient (Wildman–Crippen LogP) is -3.20. The molecule has 0 aromatic carbocycles. The van der Waals surface area contributed by atoms with Crippen LogP contribution in [0.1, 0.15) is 0 Å². The summed E-state index contributed by atoms with van der Waals surface area (Å²) >= 11 is 0. The Morgan fingerprint density at radius 1 is 0.645 bits per heavy atom. The number of carbonyl (C=O) groups is 1. The first-order chi connectivity index (χ1) is 13.5. The third-order valence-corrected chi connectivity index (χ3v) is 8.52. The van der Waals surface area contributed by atoms with Crippen LogP contribution in [0.15, 0.2) is 0 Å². The molecule has 0 aliphatic carbocycles. The quantitative estimate of drug-likeness (QED) is 0.103. The van der Waals surface area contributed by atoms with Gasteiger partial charge in [0.05, 0.1) is 6.61 Å². The standard InChI is InChI=1S/C5H10O5.H7O16P5/c6-1-3(8)5(10)4(9)2-7;1-17(2,3)13-19(7,8)15-21(11,12)16-20(9,10)14-18(4,5)6/h3,5-8,10H,1-2H2;(H,7,8)(H,9,10)(H,11,12)(H2,1,2,3)(H2,4,5,6). The second kappa shape index (κ2) is 12.6. The number of carbonyl (C=O) groups excluding carboxylic acids is 1. The van der Waals surface area contributed by atoms with E-state index in [0.717, 1.165) is 0 Å². The van der Waals surface area contributed by atoms with E-state index in [1.165, 1.54) is 0 Å². The first-order valence-electron chi connectivity index (χ1n) is 6.51. The maximum atomic E-state index is 11.0. The molecular formula is C5H17O21P5. The van der Waals surface area contributed by atoms with Gasteiger partial charge in [0, 0.05) is 0 Å². The van der Waals surface area contributed by atoms with E-state index in [0.29, 0.717) is 0 Å². The first kappa shape index (κ1) is 33.4. The van der Waals surface area contributed by atoms with Gasteiger partial charge in [-0.2, -0.15) is 17.2 Å². The first-order valence-corrected chi connectivity index (χ1v) is 14.1. The van der Waals surface area contributed by atoms with Crippen LogP contribution < -0.4 is 0 Å². The van der Waals surface area contributed by atoms with Gasteiger partial charge >= 0.3 is 39.1 Å². The molecule has 0 fully saturated rings. The molecule has 26 heteroatoms. The zero-order chi connectivity index (χ0) is 25.5. The fraction of sp³-hybridized carbons (Fsp3) is 0.800. The van der Waals surface area contributed by atoms with Gasteiger partial charge in [-0.05, 0) is 0 Å². The Morgan fingerprint density at radius 2 is 0.935 bits per heavy atom. The maximum Gasteiger partial charge on any atom is 0.490 e. The molecule has 0 amide bonds. The molecule has 21 nitrogen and oxygen atoms in total. The van der Waals surface area contributed by atoms with Crippen molar-refractivity contribution in [3.05, 3.63) is 0 Å². The van der Waals surface area contributed by atoms with E-state index in [-0.39, 0.29) is 0 Å². The minimum Gasteiger partial charge on any atom is -0.394 e. The molecule has 0 radical (unpaired) electrons. The molecular weight excluding hydrogens is 551 g/mol. The summed E-state index contributed by atoms with van der Waals surface area (Å²) in [5.74, 6) is -0.901. The third-order valence-electron chi connectivity index (χ3n) is 1.87. The Kier molecular flexibility index (Phi) is 13.6. The Hall–Kier alpha value is 0.220. The van der Waals surface area contributed by atoms with Crippen LogP contribution in [0.2, 0.25) is 0 Å². The van der Waals surface area contributed by atoms with Gasteiger partial charge in [0.2, 0.25) is 0 Å². The second-order valence-corrected chi connectivity index (χ2v) is 11.9. The van der Waals surface area contributed by atoms with Gasteiger partial charge in [0.25, 0.3) is 0 Å². The van der Waals surface area contributed by atoms with Crippen LogP contribution >= 0.6 is 39.1 Å². The van der Waals surface area contributed by atoms with Crippen molar-refractivity contribution in [3.8, 4) is 0 Å². The van der Waals surface area contributed by atoms with Crippen molar-refractivity contribution in [2.24, 2.45) is 0 Å². The summed E-state index contributed by atoms with van der Waals surface area (Å²) in [4.78, 5) is 69.1. The number of aliphatic hydroxyl groups is 4. The predicted molar refractivity (Wildman–Crippen MR) is 89.1 cm³/mol. The van der Waals surface area contributed by atoms with E-state index in [1.54, 1.807) is 0 Å². The van der Waals surface area contributed by atoms with Crippen molar-refractivity contribution in [2.45, 2.75) is 12.2 Å². The number of hydrogen-bond acceptors (Lipinski definition) is 14. The molecule has 0 spiro atoms. The average molecular weight is 568 g/mol. The van der Waals surface area contributed by atoms with Crippen LogP contribution in [0.5, 0.6) is 0 Å². The second-order valence-electron chi connectivity index (χ2n) is 4.53. The van der Waals surface area contributed by atoms with Crippen molar-refractivity contribution < 1.29 is 99.5 Å². The summed E-state index contributed by atoms with van der Waals surface area (Å²) in [6.07, 6.45) is -3.19. The topological polar surface area (TPSA) is 362 Å². The highest BCUT2D eigenvalue weighted by molar-refractivity contribution is 7.71. The molecule has 4 atom stereocenters. The lowest BCUT2D eigenvalue weighted by molar-refractivity contribution is -0.137. The summed E-state index contributed by atoms with van der Waals surface area (Å²) in [7, 11) is -29.3. The molecule has 0 aromatic rings. The zero-order valence-corrected chi connectivity index (χ0v) is 18.8. The highest BCUT2D eigenvalue weighted by atomic mass is 31.3. The summed E-state index contributed by atoms with van der Waals surface area (Å²) in [5, 5.41) is 33.6. The lowest BCUT2D eigenvalue weighted by Crippen LogP contribution is -2.37. The van der Waals surface area contributed by atoms with Crippen LogP contribution in [-0.2, 0) is 44.9 Å². The SMILES string of the molecule is O=C(CO)C(O)C(O)CO.O=P(O)(O)OP(=O)(O)OP(=O)(O)OP(=O)(O)OP(=O)(O)O. The number of rotatable bonds is 12. The van der Waals surface area contributed by atoms with Crippen LogP contribution in [0.25, 0.3) is 0 Å². The van der Waals surface area contributed by atoms with E-state index in [4.69, 9.17) is 54.7 Å². The van der Waals surface area contributed by atoms with E-state index >= 15 is 0 Å². The third kappa shape index (κ3) is 18.3. The van der Waals surface area contributed by atoms with Gasteiger partial charge in [0.15, 0.2) is 5.78 Å². The van der Waals surface area contributed by atoms with Gasteiger partial charge in [0.1, 0.15) is 18.8 Å². The van der Waals surface area contributed by atoms with Gasteiger partial charge in [-0.3, -0.25) is 4.79 Å². The van der Waals surface area contributed by atoms with Gasteiger partial charge in [-0.15, -0.1) is 0 Å². The van der Waals surface area contributed by atoms with Crippen LogP contribution in [0.4, 0.5) is 0 Å². The molecule has 31 heavy (non-hydrogen) atoms. The minimum atomic E-state index is -6.07. The molecule has 0 aliphatic heterocycles. The van der Waals surface area contributed by atoms with Crippen LogP contribution in [0.3, 0.4) is 0 Å². The number of Topliss-reactive ketones (excluding diaryl/α,β-unsaturated/α-hetero) is 1. The monoisotopic (exact) mass is 568 g/mol. The Morgan fingerprint density at radius 3 is 1.16 bits per heavy atom. The molecule has 0 rings (SSSR count). The molecule has 0 saturated heterocycles. The van der Waals surface area contributed by atoms with Crippen molar-refractivity contribution >= 4 is 44.9 Å². The zero-order valence-electron chi connectivity index (χ0n) is 14.3. The number of hydrogen-bond donors (Lipinski definition) is 11. The van der Waals surface area contributed by atoms with Crippen molar-refractivity contribution in [1.29, 1.82) is 0 Å². The lowest BCUT2D eigenvalue weighted by Gasteiger charge is -2.18. The highest BCUT2D eigenvalue weighted by Gasteiger charge is 2.46. The molecule has 0 heterocycles. The van der Waals surface area contributed by atoms with Gasteiger partial charge in [-0.1, -0.05) is 0 Å². The Balaban J connectivity index is 0. The lowest BCUT2D eigenvalue weighted by atomic mass is 10.1. The molecule has 0 bridgehead atoms. The minimum absolute atomic E-state index is 0.701.